The number of anilines is 2. The van der Waals surface area contributed by atoms with Crippen LogP contribution in [-0.4, -0.2) is 133 Å². The lowest BCUT2D eigenvalue weighted by Crippen LogP contribution is -2.33. The molecule has 4 aromatic rings. The standard InChI is InChI=1S/2C12H17N5O5/c2*1-2-21-16-10-7-11(14-4-13-10)17(5-15-7)12-9(20)8(19)6(3-18)22-12/h2*4-6,8-9,12,18-20H,2-3H2,1H3,(H,13,14,16)/t2*6-,8-,9-,12-/m11/s1. The third-order valence-corrected chi connectivity index (χ3v) is 6.93. The zero-order valence-electron chi connectivity index (χ0n) is 23.7. The van der Waals surface area contributed by atoms with Crippen molar-refractivity contribution >= 4 is 34.0 Å². The SMILES string of the molecule is CCONc1ncnc2c1ncn2[C@@H]1O[C@H](CO)[C@@H](O)[C@H]1O.CCONc1ncnc2c1ncn2[C@@H]1O[C@H](CO)[C@@H](O)[C@H]1O. The number of nitrogens with zero attached hydrogens (tertiary/aromatic N) is 8. The van der Waals surface area contributed by atoms with Crippen LogP contribution in [0.4, 0.5) is 11.6 Å². The van der Waals surface area contributed by atoms with Crippen LogP contribution in [0.3, 0.4) is 0 Å². The molecule has 0 amide bonds. The summed E-state index contributed by atoms with van der Waals surface area (Å²) in [6.45, 7) is 3.75. The van der Waals surface area contributed by atoms with Crippen LogP contribution in [0.5, 0.6) is 0 Å². The molecule has 8 N–H and O–H groups in total. The maximum atomic E-state index is 10.1. The summed E-state index contributed by atoms with van der Waals surface area (Å²) >= 11 is 0. The molecule has 4 aromatic heterocycles. The van der Waals surface area contributed by atoms with Gasteiger partial charge in [0.05, 0.1) is 39.1 Å². The van der Waals surface area contributed by atoms with Gasteiger partial charge in [-0.1, -0.05) is 0 Å². The number of hydrogen-bond acceptors (Lipinski definition) is 18. The fourth-order valence-corrected chi connectivity index (χ4v) is 4.73. The Kier molecular flexibility index (Phi) is 10.1. The van der Waals surface area contributed by atoms with Crippen LogP contribution < -0.4 is 11.0 Å². The van der Waals surface area contributed by atoms with E-state index < -0.39 is 62.3 Å². The van der Waals surface area contributed by atoms with Gasteiger partial charge in [-0.3, -0.25) is 18.8 Å². The van der Waals surface area contributed by atoms with Crippen molar-refractivity contribution in [2.45, 2.75) is 62.9 Å². The van der Waals surface area contributed by atoms with E-state index in [0.717, 1.165) is 0 Å². The number of rotatable bonds is 10. The molecule has 0 saturated carbocycles. The fourth-order valence-electron chi connectivity index (χ4n) is 4.73. The molecular formula is C24H34N10O10. The van der Waals surface area contributed by atoms with Crippen molar-refractivity contribution in [3.63, 3.8) is 0 Å². The van der Waals surface area contributed by atoms with Crippen LogP contribution in [0, 0.1) is 0 Å². The van der Waals surface area contributed by atoms with Crippen molar-refractivity contribution in [2.24, 2.45) is 0 Å². The van der Waals surface area contributed by atoms with Gasteiger partial charge in [-0.15, -0.1) is 0 Å². The van der Waals surface area contributed by atoms with Gasteiger partial charge in [0, 0.05) is 0 Å². The third-order valence-electron chi connectivity index (χ3n) is 6.93. The van der Waals surface area contributed by atoms with E-state index in [1.165, 1.54) is 34.4 Å². The van der Waals surface area contributed by atoms with Crippen LogP contribution in [0.15, 0.2) is 25.3 Å². The summed E-state index contributed by atoms with van der Waals surface area (Å²) < 4.78 is 13.9. The second-order valence-electron chi connectivity index (χ2n) is 9.62. The number of nitrogens with one attached hydrogen (secondary N) is 2. The summed E-state index contributed by atoms with van der Waals surface area (Å²) in [5, 5.41) is 58.1. The van der Waals surface area contributed by atoms with Crippen molar-refractivity contribution in [1.29, 1.82) is 0 Å². The Morgan fingerprint density at radius 1 is 0.659 bits per heavy atom. The molecular weight excluding hydrogens is 588 g/mol. The molecule has 2 aliphatic rings. The molecule has 20 heteroatoms. The largest absolute Gasteiger partial charge is 0.394 e. The number of ether oxygens (including phenoxy) is 2. The first-order chi connectivity index (χ1) is 21.3. The molecule has 6 heterocycles. The molecule has 0 aromatic carbocycles. The number of fused-ring (bicyclic) bond motifs is 2. The van der Waals surface area contributed by atoms with E-state index in [0.29, 0.717) is 47.2 Å². The Bertz CT molecular complexity index is 1410. The zero-order valence-corrected chi connectivity index (χ0v) is 23.7. The minimum atomic E-state index is -1.20. The quantitative estimate of drug-likeness (QED) is 0.0856. The summed E-state index contributed by atoms with van der Waals surface area (Å²) in [4.78, 5) is 34.9. The summed E-state index contributed by atoms with van der Waals surface area (Å²) in [6.07, 6.45) is -2.79. The van der Waals surface area contributed by atoms with Crippen LogP contribution in [0.1, 0.15) is 26.3 Å². The molecule has 2 fully saturated rings. The van der Waals surface area contributed by atoms with E-state index in [1.807, 2.05) is 13.8 Å². The Hall–Kier alpha value is -3.70. The summed E-state index contributed by atoms with van der Waals surface area (Å²) in [5.41, 5.74) is 7.02. The van der Waals surface area contributed by atoms with E-state index in [9.17, 15) is 20.4 Å². The molecule has 0 unspecified atom stereocenters. The van der Waals surface area contributed by atoms with Gasteiger partial charge in [0.1, 0.15) is 49.3 Å². The lowest BCUT2D eigenvalue weighted by molar-refractivity contribution is -0.0511. The van der Waals surface area contributed by atoms with Gasteiger partial charge >= 0.3 is 0 Å². The van der Waals surface area contributed by atoms with Crippen LogP contribution in [0.25, 0.3) is 22.3 Å². The molecule has 0 bridgehead atoms. The smallest absolute Gasteiger partial charge is 0.181 e. The Morgan fingerprint density at radius 2 is 1.07 bits per heavy atom. The van der Waals surface area contributed by atoms with Gasteiger partial charge < -0.3 is 40.1 Å². The highest BCUT2D eigenvalue weighted by Gasteiger charge is 2.45. The number of hydrogen-bond donors (Lipinski definition) is 8. The van der Waals surface area contributed by atoms with Crippen LogP contribution in [-0.2, 0) is 19.1 Å². The first kappa shape index (κ1) is 31.7. The van der Waals surface area contributed by atoms with E-state index in [1.54, 1.807) is 0 Å². The minimum Gasteiger partial charge on any atom is -0.394 e. The topological polar surface area (TPSA) is 270 Å². The molecule has 0 aliphatic carbocycles. The first-order valence-corrected chi connectivity index (χ1v) is 13.7. The first-order valence-electron chi connectivity index (χ1n) is 13.7. The molecule has 0 radical (unpaired) electrons. The van der Waals surface area contributed by atoms with E-state index in [4.69, 9.17) is 29.4 Å². The van der Waals surface area contributed by atoms with Gasteiger partial charge in [0.2, 0.25) is 0 Å². The van der Waals surface area contributed by atoms with E-state index >= 15 is 0 Å². The van der Waals surface area contributed by atoms with Crippen LogP contribution in [0.2, 0.25) is 0 Å². The maximum absolute atomic E-state index is 10.1. The average molecular weight is 623 g/mol. The Balaban J connectivity index is 0.000000175. The highest BCUT2D eigenvalue weighted by atomic mass is 16.6. The van der Waals surface area contributed by atoms with E-state index in [-0.39, 0.29) is 0 Å². The van der Waals surface area contributed by atoms with Gasteiger partial charge in [-0.05, 0) is 13.8 Å². The highest BCUT2D eigenvalue weighted by molar-refractivity contribution is 5.82. The monoisotopic (exact) mass is 622 g/mol. The molecule has 2 aliphatic heterocycles. The van der Waals surface area contributed by atoms with Crippen molar-refractivity contribution in [3.05, 3.63) is 25.3 Å². The predicted octanol–water partition coefficient (Wildman–Crippen LogP) is -2.40. The molecule has 6 rings (SSSR count). The van der Waals surface area contributed by atoms with Gasteiger partial charge in [-0.25, -0.2) is 40.9 Å². The van der Waals surface area contributed by atoms with E-state index in [2.05, 4.69) is 40.9 Å². The summed E-state index contributed by atoms with van der Waals surface area (Å²) in [5.74, 6) is 0.773. The van der Waals surface area contributed by atoms with Crippen molar-refractivity contribution in [1.82, 2.24) is 39.0 Å². The highest BCUT2D eigenvalue weighted by Crippen LogP contribution is 2.33. The molecule has 44 heavy (non-hydrogen) atoms. The molecule has 20 nitrogen and oxygen atoms in total. The van der Waals surface area contributed by atoms with Crippen molar-refractivity contribution in [2.75, 3.05) is 37.4 Å². The lowest BCUT2D eigenvalue weighted by Gasteiger charge is -2.16. The molecule has 8 atom stereocenters. The number of imidazole rings is 2. The Morgan fingerprint density at radius 3 is 1.41 bits per heavy atom. The second kappa shape index (κ2) is 13.9. The Labute approximate surface area is 248 Å². The van der Waals surface area contributed by atoms with Crippen LogP contribution >= 0.6 is 0 Å². The minimum absolute atomic E-state index is 0.386. The van der Waals surface area contributed by atoms with Gasteiger partial charge in [-0.2, -0.15) is 0 Å². The van der Waals surface area contributed by atoms with Crippen molar-refractivity contribution in [3.8, 4) is 0 Å². The van der Waals surface area contributed by atoms with Crippen molar-refractivity contribution < 1.29 is 49.8 Å². The molecule has 2 saturated heterocycles. The average Bonchev–Trinajstić information content (AvgIpc) is 3.80. The second-order valence-corrected chi connectivity index (χ2v) is 9.62. The normalized spacial score (nSPS) is 28.4. The molecule has 240 valence electrons. The lowest BCUT2D eigenvalue weighted by atomic mass is 10.1. The number of aromatic nitrogens is 8. The fraction of sp³-hybridized carbons (Fsp3) is 0.583. The van der Waals surface area contributed by atoms with Gasteiger partial charge in [0.25, 0.3) is 0 Å². The van der Waals surface area contributed by atoms with Gasteiger partial charge in [0.15, 0.2) is 46.4 Å². The molecule has 0 spiro atoms. The summed E-state index contributed by atoms with van der Waals surface area (Å²) in [6, 6.07) is 0. The maximum Gasteiger partial charge on any atom is 0.181 e. The number of aliphatic hydroxyl groups excluding tert-OH is 6. The summed E-state index contributed by atoms with van der Waals surface area (Å²) in [7, 11) is 0. The number of aliphatic hydroxyl groups is 6. The third kappa shape index (κ3) is 5.99. The predicted molar refractivity (Wildman–Crippen MR) is 147 cm³/mol. The zero-order chi connectivity index (χ0) is 31.4.